The minimum absolute atomic E-state index is 0.00588. The number of rotatable bonds is 15. The lowest BCUT2D eigenvalue weighted by atomic mass is 9.86. The number of likely N-dealkylation sites (N-methyl/N-ethyl adjacent to an activating group) is 1. The van der Waals surface area contributed by atoms with Gasteiger partial charge in [0.1, 0.15) is 42.7 Å². The third kappa shape index (κ3) is 9.67. The van der Waals surface area contributed by atoms with Gasteiger partial charge in [-0.1, -0.05) is 25.1 Å². The zero-order valence-corrected chi connectivity index (χ0v) is 44.8. The van der Waals surface area contributed by atoms with Gasteiger partial charge < -0.3 is 49.4 Å². The summed E-state index contributed by atoms with van der Waals surface area (Å²) >= 11 is 6.74. The van der Waals surface area contributed by atoms with E-state index in [-0.39, 0.29) is 138 Å². The number of carbonyl (C=O) groups excluding carboxylic acids is 2. The molecule has 0 radical (unpaired) electrons. The van der Waals surface area contributed by atoms with Gasteiger partial charge in [-0.05, 0) is 107 Å². The van der Waals surface area contributed by atoms with E-state index in [1.165, 1.54) is 13.0 Å². The molecule has 3 atom stereocenters. The van der Waals surface area contributed by atoms with E-state index >= 15 is 4.39 Å². The molecule has 1 amide bonds. The Balaban J connectivity index is 0.854. The first-order valence-electron chi connectivity index (χ1n) is 26.4. The van der Waals surface area contributed by atoms with Gasteiger partial charge in [-0.3, -0.25) is 14.5 Å². The molecule has 1 aliphatic carbocycles. The van der Waals surface area contributed by atoms with E-state index in [0.717, 1.165) is 54.8 Å². The van der Waals surface area contributed by atoms with Gasteiger partial charge >= 0.3 is 18.2 Å². The van der Waals surface area contributed by atoms with Crippen molar-refractivity contribution in [1.29, 1.82) is 0 Å². The Morgan fingerprint density at radius 3 is 2.51 bits per heavy atom. The topological polar surface area (TPSA) is 215 Å². The minimum Gasteiger partial charge on any atom is -0.489 e. The number of halogens is 5. The summed E-state index contributed by atoms with van der Waals surface area (Å²) in [6, 6.07) is 9.07. The molecular formula is C56H59ClF4N10O8. The predicted octanol–water partition coefficient (Wildman–Crippen LogP) is 6.89. The summed E-state index contributed by atoms with van der Waals surface area (Å²) in [5.41, 5.74) is 4.23. The van der Waals surface area contributed by atoms with E-state index < -0.39 is 46.4 Å². The van der Waals surface area contributed by atoms with E-state index in [4.69, 9.17) is 41.5 Å². The lowest BCUT2D eigenvalue weighted by Gasteiger charge is -2.41. The van der Waals surface area contributed by atoms with Crippen molar-refractivity contribution in [2.24, 2.45) is 0 Å². The number of ether oxygens (including phenoxy) is 3. The molecule has 0 unspecified atom stereocenters. The van der Waals surface area contributed by atoms with Crippen LogP contribution in [0, 0.1) is 12.7 Å². The van der Waals surface area contributed by atoms with Crippen LogP contribution in [0.15, 0.2) is 53.3 Å². The second-order valence-electron chi connectivity index (χ2n) is 21.3. The van der Waals surface area contributed by atoms with Crippen molar-refractivity contribution in [3.8, 4) is 34.4 Å². The van der Waals surface area contributed by atoms with Crippen LogP contribution in [0.3, 0.4) is 0 Å². The molecule has 0 spiro atoms. The monoisotopic (exact) mass is 1110 g/mol. The number of hydrogen-bond donors (Lipinski definition) is 3. The summed E-state index contributed by atoms with van der Waals surface area (Å²) in [5.74, 6) is -1.97. The fourth-order valence-corrected chi connectivity index (χ4v) is 12.0. The predicted molar refractivity (Wildman–Crippen MR) is 286 cm³/mol. The lowest BCUT2D eigenvalue weighted by Crippen LogP contribution is -2.54. The summed E-state index contributed by atoms with van der Waals surface area (Å²) in [4.78, 5) is 67.2. The quantitative estimate of drug-likeness (QED) is 0.0542. The second-order valence-corrected chi connectivity index (χ2v) is 21.7. The van der Waals surface area contributed by atoms with Crippen LogP contribution in [0.5, 0.6) is 11.8 Å². The number of hydrogen-bond acceptors (Lipinski definition) is 16. The number of anilines is 2. The summed E-state index contributed by atoms with van der Waals surface area (Å²) < 4.78 is 80.1. The maximum atomic E-state index is 17.1. The number of likely N-dealkylation sites (tertiary alicyclic amines) is 1. The Hall–Kier alpha value is -6.98. The van der Waals surface area contributed by atoms with Crippen molar-refractivity contribution in [3.63, 3.8) is 0 Å². The van der Waals surface area contributed by atoms with Crippen LogP contribution in [0.2, 0.25) is 5.02 Å². The summed E-state index contributed by atoms with van der Waals surface area (Å²) in [6.07, 6.45) is -1.18. The zero-order valence-electron chi connectivity index (χ0n) is 44.1. The summed E-state index contributed by atoms with van der Waals surface area (Å²) in [7, 11) is 1.96. The van der Waals surface area contributed by atoms with Crippen molar-refractivity contribution in [2.75, 3.05) is 70.2 Å². The molecule has 5 aliphatic rings. The van der Waals surface area contributed by atoms with E-state index in [2.05, 4.69) is 26.3 Å². The number of esters is 1. The number of aromatic nitrogens is 5. The fourth-order valence-electron chi connectivity index (χ4n) is 11.7. The fraction of sp³-hybridized carbons (Fsp3) is 0.446. The Morgan fingerprint density at radius 1 is 1.03 bits per heavy atom. The van der Waals surface area contributed by atoms with Crippen LogP contribution in [-0.2, 0) is 45.8 Å². The number of piperazine rings is 1. The first-order chi connectivity index (χ1) is 37.7. The number of carbonyl (C=O) groups is 2. The first kappa shape index (κ1) is 54.0. The molecule has 4 aliphatic heterocycles. The normalized spacial score (nSPS) is 20.2. The number of nitrogens with two attached hydrogens (primary N) is 1. The highest BCUT2D eigenvalue weighted by atomic mass is 35.5. The van der Waals surface area contributed by atoms with Crippen LogP contribution in [0.25, 0.3) is 44.5 Å². The van der Waals surface area contributed by atoms with Crippen molar-refractivity contribution in [1.82, 2.24) is 39.2 Å². The molecule has 4 N–H and O–H groups in total. The molecular weight excluding hydrogens is 1050 g/mol. The van der Waals surface area contributed by atoms with Crippen LogP contribution in [0.1, 0.15) is 79.3 Å². The van der Waals surface area contributed by atoms with Gasteiger partial charge in [-0.25, -0.2) is 19.2 Å². The number of pyridine rings is 3. The van der Waals surface area contributed by atoms with Crippen LogP contribution >= 0.6 is 11.6 Å². The Labute approximate surface area is 456 Å². The van der Waals surface area contributed by atoms with Crippen LogP contribution < -0.4 is 25.7 Å². The Morgan fingerprint density at radius 2 is 1.81 bits per heavy atom. The third-order valence-corrected chi connectivity index (χ3v) is 16.5. The SMILES string of the molecule is C=C(COc1ccc2nc3c(c(CN(CCO)C4CC4)c2c1)Cn1c-3cc2c(c1=O)COC(=O)[C@]2(O)CC)C(=O)N1CCN(c2nc(OC[C@@H]3CCCN3C)nc3c(F)c(-c4nc(N)cc(C)c4C(F)(F)F)c(Cl)cc23)[C@@H](C)C1. The van der Waals surface area contributed by atoms with Crippen molar-refractivity contribution in [2.45, 2.75) is 102 Å². The maximum Gasteiger partial charge on any atom is 0.418 e. The largest absolute Gasteiger partial charge is 0.489 e. The molecule has 18 nitrogen and oxygen atoms in total. The number of cyclic esters (lactones) is 1. The highest BCUT2D eigenvalue weighted by Crippen LogP contribution is 2.46. The minimum atomic E-state index is -4.93. The van der Waals surface area contributed by atoms with Gasteiger partial charge in [-0.2, -0.15) is 23.1 Å². The zero-order chi connectivity index (χ0) is 56.0. The molecule has 23 heteroatoms. The molecule has 2 saturated heterocycles. The number of nitrogen functional groups attached to an aromatic ring is 1. The number of benzene rings is 2. The molecule has 2 aromatic carbocycles. The maximum absolute atomic E-state index is 17.1. The molecule has 6 aromatic rings. The molecule has 11 rings (SSSR count). The van der Waals surface area contributed by atoms with Gasteiger partial charge in [0.15, 0.2) is 11.4 Å². The molecule has 0 bridgehead atoms. The Bertz CT molecular complexity index is 3580. The second kappa shape index (κ2) is 20.6. The van der Waals surface area contributed by atoms with Crippen molar-refractivity contribution >= 4 is 56.9 Å². The molecule has 416 valence electrons. The molecule has 1 saturated carbocycles. The number of aliphatic hydroxyl groups is 2. The average molecular weight is 1110 g/mol. The highest BCUT2D eigenvalue weighted by molar-refractivity contribution is 6.34. The van der Waals surface area contributed by atoms with Gasteiger partial charge in [0, 0.05) is 78.3 Å². The average Bonchev–Trinajstić information content (AvgIpc) is 3.92. The van der Waals surface area contributed by atoms with Gasteiger partial charge in [0.25, 0.3) is 11.5 Å². The summed E-state index contributed by atoms with van der Waals surface area (Å²) in [6.45, 7) is 10.9. The van der Waals surface area contributed by atoms with Gasteiger partial charge in [-0.15, -0.1) is 0 Å². The van der Waals surface area contributed by atoms with E-state index in [0.29, 0.717) is 35.7 Å². The van der Waals surface area contributed by atoms with E-state index in [1.54, 1.807) is 34.6 Å². The molecule has 8 heterocycles. The smallest absolute Gasteiger partial charge is 0.418 e. The number of alkyl halides is 3. The van der Waals surface area contributed by atoms with E-state index in [9.17, 15) is 37.8 Å². The van der Waals surface area contributed by atoms with Gasteiger partial charge in [0.2, 0.25) is 0 Å². The van der Waals surface area contributed by atoms with Crippen molar-refractivity contribution in [3.05, 3.63) is 103 Å². The molecule has 3 fully saturated rings. The number of fused-ring (bicyclic) bond motifs is 6. The van der Waals surface area contributed by atoms with Crippen LogP contribution in [-0.4, -0.2) is 139 Å². The molecule has 4 aromatic heterocycles. The number of aliphatic hydroxyl groups excluding tert-OH is 1. The molecule has 79 heavy (non-hydrogen) atoms. The lowest BCUT2D eigenvalue weighted by molar-refractivity contribution is -0.172. The first-order valence-corrected chi connectivity index (χ1v) is 26.8. The summed E-state index contributed by atoms with van der Waals surface area (Å²) in [5, 5.41) is 22.0. The number of amides is 1. The van der Waals surface area contributed by atoms with Crippen molar-refractivity contribution < 1.29 is 51.6 Å². The highest BCUT2D eigenvalue weighted by Gasteiger charge is 2.46. The van der Waals surface area contributed by atoms with Crippen LogP contribution in [0.4, 0.5) is 29.2 Å². The number of aryl methyl sites for hydroxylation is 1. The number of nitrogens with zero attached hydrogens (tertiary/aromatic N) is 9. The van der Waals surface area contributed by atoms with Gasteiger partial charge in [0.05, 0.1) is 57.5 Å². The third-order valence-electron chi connectivity index (χ3n) is 16.2. The van der Waals surface area contributed by atoms with E-state index in [1.807, 2.05) is 24.9 Å². The standard InChI is InChI=1S/C56H59ClF4N10O8/c1-6-55(76)39-21-42-47-37(24-71(42)52(74)38(39)27-78-53(55)75)36(23-68(16-17-72)31-9-10-31)34-19-33(11-12-41(34)63-47)77-25-29(3)51(73)69-14-15-70(30(4)22-69)50-35-20-40(57)44(49-45(56(59,60)61)28(2)18-43(62)64-49)46(58)48(35)65-54(66-50)79-26-32-8-7-13-67(32)5/h11-12,18-21,30-32,72,76H,3,6-10,13-17,22-27H2,1-2,4-5H3,(H2,62,64)/t30-,32-,55-/m0/s1. The Kier molecular flexibility index (Phi) is 14.1.